The van der Waals surface area contributed by atoms with Crippen molar-refractivity contribution in [1.82, 2.24) is 0 Å². The normalized spacial score (nSPS) is 13.5. The molecule has 0 amide bonds. The maximum atomic E-state index is 12.8. The zero-order chi connectivity index (χ0) is 22.0. The number of benzene rings is 3. The molecule has 0 aliphatic carbocycles. The molecule has 0 saturated heterocycles. The van der Waals surface area contributed by atoms with E-state index in [1.165, 1.54) is 20.3 Å². The summed E-state index contributed by atoms with van der Waals surface area (Å²) in [6, 6.07) is 17.1. The van der Waals surface area contributed by atoms with Crippen LogP contribution in [0.25, 0.3) is 6.08 Å². The average Bonchev–Trinajstić information content (AvgIpc) is 3.07. The number of carbonyl (C=O) groups is 2. The number of fused-ring (bicyclic) bond motifs is 1. The zero-order valence-electron chi connectivity index (χ0n) is 16.7. The topological polar surface area (TPSA) is 71.1 Å². The second-order valence-corrected chi connectivity index (χ2v) is 7.50. The van der Waals surface area contributed by atoms with E-state index in [0.717, 1.165) is 10.0 Å². The van der Waals surface area contributed by atoms with Crippen LogP contribution >= 0.6 is 15.9 Å². The van der Waals surface area contributed by atoms with Gasteiger partial charge >= 0.3 is 5.97 Å². The number of hydrogen-bond donors (Lipinski definition) is 0. The Bertz CT molecular complexity index is 1190. The minimum absolute atomic E-state index is 0.167. The summed E-state index contributed by atoms with van der Waals surface area (Å²) in [5.74, 6) is 0.523. The van der Waals surface area contributed by atoms with Gasteiger partial charge in [0.25, 0.3) is 0 Å². The SMILES string of the molecule is COc1cccc(OC)c1C(=O)Oc1ccc2c(c1)OC(=Cc1cccc(Br)c1)C2=O. The predicted octanol–water partition coefficient (Wildman–Crippen LogP) is 5.30. The molecular weight excluding hydrogens is 464 g/mol. The number of Topliss-reactive ketones (excluding diaryl/α,β-unsaturated/α-hetero) is 1. The minimum atomic E-state index is -0.650. The number of ketones is 1. The van der Waals surface area contributed by atoms with Gasteiger partial charge in [-0.1, -0.05) is 34.1 Å². The lowest BCUT2D eigenvalue weighted by Crippen LogP contribution is -2.12. The zero-order valence-corrected chi connectivity index (χ0v) is 18.3. The van der Waals surface area contributed by atoms with Crippen LogP contribution in [-0.4, -0.2) is 26.0 Å². The number of hydrogen-bond acceptors (Lipinski definition) is 6. The second-order valence-electron chi connectivity index (χ2n) is 6.58. The van der Waals surface area contributed by atoms with Crippen molar-refractivity contribution in [3.8, 4) is 23.0 Å². The first-order valence-corrected chi connectivity index (χ1v) is 10.1. The summed E-state index contributed by atoms with van der Waals surface area (Å²) >= 11 is 3.41. The van der Waals surface area contributed by atoms with E-state index in [0.29, 0.717) is 22.8 Å². The number of methoxy groups -OCH3 is 2. The van der Waals surface area contributed by atoms with Gasteiger partial charge in [0.2, 0.25) is 5.78 Å². The largest absolute Gasteiger partial charge is 0.496 e. The van der Waals surface area contributed by atoms with Crippen LogP contribution in [0.3, 0.4) is 0 Å². The molecule has 31 heavy (non-hydrogen) atoms. The van der Waals surface area contributed by atoms with Crippen molar-refractivity contribution >= 4 is 33.8 Å². The van der Waals surface area contributed by atoms with Crippen molar-refractivity contribution in [3.63, 3.8) is 0 Å². The summed E-state index contributed by atoms with van der Waals surface area (Å²) in [5, 5.41) is 0. The summed E-state index contributed by atoms with van der Waals surface area (Å²) in [6.07, 6.45) is 1.67. The molecule has 156 valence electrons. The van der Waals surface area contributed by atoms with E-state index in [1.807, 2.05) is 24.3 Å². The van der Waals surface area contributed by atoms with E-state index in [2.05, 4.69) is 15.9 Å². The summed E-state index contributed by atoms with van der Waals surface area (Å²) in [5.41, 5.74) is 1.39. The molecule has 0 N–H and O–H groups in total. The summed E-state index contributed by atoms with van der Waals surface area (Å²) < 4.78 is 22.6. The van der Waals surface area contributed by atoms with E-state index in [9.17, 15) is 9.59 Å². The first kappa shape index (κ1) is 20.7. The first-order valence-electron chi connectivity index (χ1n) is 9.27. The molecule has 1 aliphatic heterocycles. The van der Waals surface area contributed by atoms with E-state index in [1.54, 1.807) is 36.4 Å². The van der Waals surface area contributed by atoms with Crippen LogP contribution in [-0.2, 0) is 0 Å². The summed E-state index contributed by atoms with van der Waals surface area (Å²) in [7, 11) is 2.92. The average molecular weight is 481 g/mol. The smallest absolute Gasteiger partial charge is 0.351 e. The molecule has 0 fully saturated rings. The van der Waals surface area contributed by atoms with Gasteiger partial charge in [0.1, 0.15) is 28.6 Å². The molecule has 1 aliphatic rings. The molecule has 0 saturated carbocycles. The van der Waals surface area contributed by atoms with Crippen LogP contribution in [0.15, 0.2) is 70.9 Å². The highest BCUT2D eigenvalue weighted by molar-refractivity contribution is 9.10. The van der Waals surface area contributed by atoms with E-state index in [-0.39, 0.29) is 22.9 Å². The van der Waals surface area contributed by atoms with Gasteiger partial charge in [0, 0.05) is 10.5 Å². The predicted molar refractivity (Wildman–Crippen MR) is 118 cm³/mol. The van der Waals surface area contributed by atoms with Crippen molar-refractivity contribution in [2.75, 3.05) is 14.2 Å². The van der Waals surface area contributed by atoms with Gasteiger partial charge in [-0.05, 0) is 48.0 Å². The maximum absolute atomic E-state index is 12.8. The Balaban J connectivity index is 1.59. The molecule has 3 aromatic rings. The molecule has 0 atom stereocenters. The monoisotopic (exact) mass is 480 g/mol. The lowest BCUT2D eigenvalue weighted by atomic mass is 10.1. The highest BCUT2D eigenvalue weighted by Gasteiger charge is 2.28. The standard InChI is InChI=1S/C24H17BrO6/c1-28-18-7-4-8-19(29-2)22(18)24(27)30-16-9-10-17-20(13-16)31-21(23(17)26)12-14-5-3-6-15(25)11-14/h3-13H,1-2H3. The van der Waals surface area contributed by atoms with E-state index >= 15 is 0 Å². The third-order valence-corrected chi connectivity index (χ3v) is 5.12. The Labute approximate surface area is 187 Å². The number of ether oxygens (including phenoxy) is 4. The van der Waals surface area contributed by atoms with Crippen molar-refractivity contribution in [3.05, 3.63) is 87.6 Å². The Morgan fingerprint density at radius 1 is 0.968 bits per heavy atom. The molecule has 7 heteroatoms. The molecule has 3 aromatic carbocycles. The fraction of sp³-hybridized carbons (Fsp3) is 0.0833. The van der Waals surface area contributed by atoms with Gasteiger partial charge in [0.05, 0.1) is 19.8 Å². The van der Waals surface area contributed by atoms with Crippen molar-refractivity contribution in [2.45, 2.75) is 0 Å². The molecule has 0 unspecified atom stereocenters. The quantitative estimate of drug-likeness (QED) is 0.280. The van der Waals surface area contributed by atoms with Crippen molar-refractivity contribution in [2.24, 2.45) is 0 Å². The number of carbonyl (C=O) groups excluding carboxylic acids is 2. The van der Waals surface area contributed by atoms with Gasteiger partial charge < -0.3 is 18.9 Å². The van der Waals surface area contributed by atoms with Gasteiger partial charge in [-0.15, -0.1) is 0 Å². The summed E-state index contributed by atoms with van der Waals surface area (Å²) in [6.45, 7) is 0. The van der Waals surface area contributed by atoms with Gasteiger partial charge in [-0.3, -0.25) is 4.79 Å². The fourth-order valence-corrected chi connectivity index (χ4v) is 3.61. The van der Waals surface area contributed by atoms with Crippen LogP contribution in [0, 0.1) is 0 Å². The van der Waals surface area contributed by atoms with E-state index in [4.69, 9.17) is 18.9 Å². The second kappa shape index (κ2) is 8.65. The molecule has 0 spiro atoms. The molecule has 4 rings (SSSR count). The number of esters is 1. The lowest BCUT2D eigenvalue weighted by Gasteiger charge is -2.12. The molecule has 0 bridgehead atoms. The minimum Gasteiger partial charge on any atom is -0.496 e. The Hall–Kier alpha value is -3.58. The highest BCUT2D eigenvalue weighted by atomic mass is 79.9. The van der Waals surface area contributed by atoms with Crippen LogP contribution in [0.5, 0.6) is 23.0 Å². The van der Waals surface area contributed by atoms with Crippen LogP contribution in [0.2, 0.25) is 0 Å². The van der Waals surface area contributed by atoms with Crippen molar-refractivity contribution in [1.29, 1.82) is 0 Å². The third-order valence-electron chi connectivity index (χ3n) is 4.63. The van der Waals surface area contributed by atoms with Gasteiger partial charge in [0.15, 0.2) is 5.76 Å². The van der Waals surface area contributed by atoms with Crippen molar-refractivity contribution < 1.29 is 28.5 Å². The Morgan fingerprint density at radius 2 is 1.68 bits per heavy atom. The van der Waals surface area contributed by atoms with Gasteiger partial charge in [-0.25, -0.2) is 4.79 Å². The molecule has 6 nitrogen and oxygen atoms in total. The number of halogens is 1. The number of rotatable bonds is 5. The van der Waals surface area contributed by atoms with Crippen LogP contribution < -0.4 is 18.9 Å². The fourth-order valence-electron chi connectivity index (χ4n) is 3.19. The molecule has 0 radical (unpaired) electrons. The maximum Gasteiger partial charge on any atom is 0.351 e. The number of allylic oxidation sites excluding steroid dienone is 1. The lowest BCUT2D eigenvalue weighted by molar-refractivity contribution is 0.0727. The molecule has 0 aromatic heterocycles. The first-order chi connectivity index (χ1) is 15.0. The van der Waals surface area contributed by atoms with Crippen LogP contribution in [0.4, 0.5) is 0 Å². The van der Waals surface area contributed by atoms with Gasteiger partial charge in [-0.2, -0.15) is 0 Å². The molecule has 1 heterocycles. The Kier molecular flexibility index (Phi) is 5.77. The molecular formula is C24H17BrO6. The highest BCUT2D eigenvalue weighted by Crippen LogP contribution is 2.36. The summed E-state index contributed by atoms with van der Waals surface area (Å²) in [4.78, 5) is 25.4. The third kappa shape index (κ3) is 4.18. The van der Waals surface area contributed by atoms with Crippen LogP contribution in [0.1, 0.15) is 26.3 Å². The van der Waals surface area contributed by atoms with E-state index < -0.39 is 5.97 Å². The Morgan fingerprint density at radius 3 is 2.35 bits per heavy atom.